The number of carbonyl (C=O) groups excluding carboxylic acids is 1. The number of urea groups is 1. The Bertz CT molecular complexity index is 837. The molecule has 5 nitrogen and oxygen atoms in total. The second kappa shape index (κ2) is 5.39. The number of nitrogens with one attached hydrogen (secondary N) is 2. The normalized spacial score (nSPS) is 14.7. The van der Waals surface area contributed by atoms with E-state index in [0.29, 0.717) is 13.1 Å². The zero-order valence-corrected chi connectivity index (χ0v) is 12.3. The first-order valence-corrected chi connectivity index (χ1v) is 7.46. The third-order valence-electron chi connectivity index (χ3n) is 4.08. The lowest BCUT2D eigenvalue weighted by molar-refractivity contribution is 0.161. The fraction of sp³-hybridized carbons (Fsp3) is 0.176. The highest BCUT2D eigenvalue weighted by Gasteiger charge is 2.34. The molecule has 1 aliphatic heterocycles. The van der Waals surface area contributed by atoms with Crippen LogP contribution in [0.3, 0.4) is 0 Å². The minimum Gasteiger partial charge on any atom is -0.342 e. The molecule has 1 saturated heterocycles. The number of amides is 2. The van der Waals surface area contributed by atoms with E-state index < -0.39 is 5.82 Å². The molecule has 0 unspecified atom stereocenters. The van der Waals surface area contributed by atoms with Crippen molar-refractivity contribution >= 4 is 22.8 Å². The molecular formula is C17H15FN4O. The Morgan fingerprint density at radius 1 is 1.17 bits per heavy atom. The summed E-state index contributed by atoms with van der Waals surface area (Å²) in [4.78, 5) is 21.6. The van der Waals surface area contributed by atoms with Crippen LogP contribution in [0.5, 0.6) is 0 Å². The maximum atomic E-state index is 13.5. The van der Waals surface area contributed by atoms with Gasteiger partial charge in [-0.25, -0.2) is 14.2 Å². The molecule has 0 aliphatic carbocycles. The van der Waals surface area contributed by atoms with Crippen LogP contribution in [0, 0.1) is 5.82 Å². The van der Waals surface area contributed by atoms with Crippen molar-refractivity contribution in [1.82, 2.24) is 14.9 Å². The Morgan fingerprint density at radius 3 is 2.70 bits per heavy atom. The number of halogens is 1. The van der Waals surface area contributed by atoms with Gasteiger partial charge in [-0.3, -0.25) is 0 Å². The molecule has 0 atom stereocenters. The summed E-state index contributed by atoms with van der Waals surface area (Å²) in [6, 6.07) is 13.7. The van der Waals surface area contributed by atoms with Gasteiger partial charge in [0.05, 0.1) is 22.6 Å². The molecule has 0 bridgehead atoms. The summed E-state index contributed by atoms with van der Waals surface area (Å²) in [5, 5.41) is 2.59. The maximum absolute atomic E-state index is 13.5. The SMILES string of the molecule is O=C(Nc1ccccc1F)N1CC(c2nc3ccccc3[nH]2)C1. The Hall–Kier alpha value is -2.89. The van der Waals surface area contributed by atoms with E-state index in [2.05, 4.69) is 15.3 Å². The molecule has 1 aromatic heterocycles. The molecule has 0 radical (unpaired) electrons. The van der Waals surface area contributed by atoms with Crippen molar-refractivity contribution in [2.75, 3.05) is 18.4 Å². The molecule has 2 aromatic carbocycles. The van der Waals surface area contributed by atoms with Gasteiger partial charge in [0.2, 0.25) is 0 Å². The van der Waals surface area contributed by atoms with Crippen LogP contribution < -0.4 is 5.32 Å². The lowest BCUT2D eigenvalue weighted by atomic mass is 10.0. The molecule has 1 aliphatic rings. The van der Waals surface area contributed by atoms with Crippen molar-refractivity contribution in [3.63, 3.8) is 0 Å². The first-order chi connectivity index (χ1) is 11.2. The van der Waals surface area contributed by atoms with E-state index in [4.69, 9.17) is 0 Å². The summed E-state index contributed by atoms with van der Waals surface area (Å²) in [5.74, 6) is 0.644. The molecule has 0 spiro atoms. The van der Waals surface area contributed by atoms with Crippen LogP contribution in [0.25, 0.3) is 11.0 Å². The van der Waals surface area contributed by atoms with Crippen LogP contribution in [-0.2, 0) is 0 Å². The highest BCUT2D eigenvalue weighted by atomic mass is 19.1. The van der Waals surface area contributed by atoms with Gasteiger partial charge in [-0.05, 0) is 24.3 Å². The molecule has 3 aromatic rings. The molecule has 2 heterocycles. The van der Waals surface area contributed by atoms with E-state index in [1.807, 2.05) is 24.3 Å². The minimum absolute atomic E-state index is 0.189. The molecule has 0 saturated carbocycles. The van der Waals surface area contributed by atoms with Gasteiger partial charge in [-0.1, -0.05) is 24.3 Å². The summed E-state index contributed by atoms with van der Waals surface area (Å²) >= 11 is 0. The highest BCUT2D eigenvalue weighted by molar-refractivity contribution is 5.90. The Balaban J connectivity index is 1.41. The molecule has 23 heavy (non-hydrogen) atoms. The number of hydrogen-bond acceptors (Lipinski definition) is 2. The Labute approximate surface area is 132 Å². The Kier molecular flexibility index (Phi) is 3.22. The van der Waals surface area contributed by atoms with Gasteiger partial charge >= 0.3 is 6.03 Å². The van der Waals surface area contributed by atoms with Gasteiger partial charge in [0.25, 0.3) is 0 Å². The van der Waals surface area contributed by atoms with Gasteiger partial charge in [0, 0.05) is 13.1 Å². The largest absolute Gasteiger partial charge is 0.342 e. The summed E-state index contributed by atoms with van der Waals surface area (Å²) in [5.41, 5.74) is 2.12. The van der Waals surface area contributed by atoms with Crippen molar-refractivity contribution in [2.45, 2.75) is 5.92 Å². The van der Waals surface area contributed by atoms with Gasteiger partial charge in [0.15, 0.2) is 0 Å². The molecule has 2 N–H and O–H groups in total. The number of hydrogen-bond donors (Lipinski definition) is 2. The first-order valence-electron chi connectivity index (χ1n) is 7.46. The molecule has 1 fully saturated rings. The van der Waals surface area contributed by atoms with E-state index >= 15 is 0 Å². The predicted molar refractivity (Wildman–Crippen MR) is 85.8 cm³/mol. The van der Waals surface area contributed by atoms with Gasteiger partial charge in [-0.2, -0.15) is 0 Å². The zero-order chi connectivity index (χ0) is 15.8. The number of likely N-dealkylation sites (tertiary alicyclic amines) is 1. The number of aromatic amines is 1. The highest BCUT2D eigenvalue weighted by Crippen LogP contribution is 2.27. The topological polar surface area (TPSA) is 61.0 Å². The van der Waals surface area contributed by atoms with Gasteiger partial charge in [-0.15, -0.1) is 0 Å². The second-order valence-corrected chi connectivity index (χ2v) is 5.65. The van der Waals surface area contributed by atoms with Crippen LogP contribution in [0.4, 0.5) is 14.9 Å². The van der Waals surface area contributed by atoms with E-state index in [-0.39, 0.29) is 17.6 Å². The number of H-pyrrole nitrogens is 1. The smallest absolute Gasteiger partial charge is 0.321 e. The third kappa shape index (κ3) is 2.52. The van der Waals surface area contributed by atoms with Crippen LogP contribution in [-0.4, -0.2) is 34.0 Å². The number of benzene rings is 2. The van der Waals surface area contributed by atoms with E-state index in [0.717, 1.165) is 16.9 Å². The van der Waals surface area contributed by atoms with Crippen molar-refractivity contribution in [3.8, 4) is 0 Å². The van der Waals surface area contributed by atoms with Crippen molar-refractivity contribution in [3.05, 3.63) is 60.2 Å². The van der Waals surface area contributed by atoms with Crippen LogP contribution in [0.15, 0.2) is 48.5 Å². The minimum atomic E-state index is -0.435. The maximum Gasteiger partial charge on any atom is 0.321 e. The zero-order valence-electron chi connectivity index (χ0n) is 12.3. The number of anilines is 1. The predicted octanol–water partition coefficient (Wildman–Crippen LogP) is 3.33. The molecular weight excluding hydrogens is 295 g/mol. The molecule has 4 rings (SSSR count). The van der Waals surface area contributed by atoms with Crippen molar-refractivity contribution < 1.29 is 9.18 Å². The number of fused-ring (bicyclic) bond motifs is 1. The fourth-order valence-electron chi connectivity index (χ4n) is 2.74. The van der Waals surface area contributed by atoms with E-state index in [1.54, 1.807) is 23.1 Å². The average molecular weight is 310 g/mol. The monoisotopic (exact) mass is 310 g/mol. The number of aromatic nitrogens is 2. The summed E-state index contributed by atoms with van der Waals surface area (Å²) < 4.78 is 13.5. The second-order valence-electron chi connectivity index (χ2n) is 5.65. The van der Waals surface area contributed by atoms with Crippen LogP contribution >= 0.6 is 0 Å². The lowest BCUT2D eigenvalue weighted by Gasteiger charge is -2.37. The van der Waals surface area contributed by atoms with Gasteiger partial charge < -0.3 is 15.2 Å². The standard InChI is InChI=1S/C17H15FN4O/c18-12-5-1-2-6-13(12)21-17(23)22-9-11(10-22)16-19-14-7-3-4-8-15(14)20-16/h1-8,11H,9-10H2,(H,19,20)(H,21,23). The average Bonchev–Trinajstić information content (AvgIpc) is 2.91. The molecule has 6 heteroatoms. The van der Waals surface area contributed by atoms with E-state index in [9.17, 15) is 9.18 Å². The number of carbonyl (C=O) groups is 1. The quantitative estimate of drug-likeness (QED) is 0.762. The third-order valence-corrected chi connectivity index (χ3v) is 4.08. The summed E-state index contributed by atoms with van der Waals surface area (Å²) in [7, 11) is 0. The number of imidazole rings is 1. The molecule has 2 amide bonds. The number of para-hydroxylation sites is 3. The van der Waals surface area contributed by atoms with Gasteiger partial charge in [0.1, 0.15) is 11.6 Å². The summed E-state index contributed by atoms with van der Waals surface area (Å²) in [6.45, 7) is 1.14. The lowest BCUT2D eigenvalue weighted by Crippen LogP contribution is -2.50. The first kappa shape index (κ1) is 13.8. The summed E-state index contributed by atoms with van der Waals surface area (Å²) in [6.07, 6.45) is 0. The Morgan fingerprint density at radius 2 is 1.91 bits per heavy atom. The number of rotatable bonds is 2. The fourth-order valence-corrected chi connectivity index (χ4v) is 2.74. The number of nitrogens with zero attached hydrogens (tertiary/aromatic N) is 2. The van der Waals surface area contributed by atoms with Crippen molar-refractivity contribution in [2.24, 2.45) is 0 Å². The van der Waals surface area contributed by atoms with E-state index in [1.165, 1.54) is 6.07 Å². The van der Waals surface area contributed by atoms with Crippen molar-refractivity contribution in [1.29, 1.82) is 0 Å². The van der Waals surface area contributed by atoms with Crippen LogP contribution in [0.1, 0.15) is 11.7 Å². The molecule has 116 valence electrons. The van der Waals surface area contributed by atoms with Crippen LogP contribution in [0.2, 0.25) is 0 Å².